The summed E-state index contributed by atoms with van der Waals surface area (Å²) < 4.78 is 0. The summed E-state index contributed by atoms with van der Waals surface area (Å²) in [5, 5.41) is 6.08. The zero-order valence-corrected chi connectivity index (χ0v) is 15.5. The van der Waals surface area contributed by atoms with Crippen LogP contribution >= 0.6 is 0 Å². The number of benzene rings is 2. The van der Waals surface area contributed by atoms with Gasteiger partial charge in [0.05, 0.1) is 11.9 Å². The molecule has 0 fully saturated rings. The number of aryl methyl sites for hydroxylation is 1. The molecule has 136 valence electrons. The molecule has 2 N–H and O–H groups in total. The van der Waals surface area contributed by atoms with Gasteiger partial charge in [-0.3, -0.25) is 9.59 Å². The van der Waals surface area contributed by atoms with Crippen molar-refractivity contribution in [1.82, 2.24) is 4.98 Å². The van der Waals surface area contributed by atoms with Crippen LogP contribution in [0.5, 0.6) is 0 Å². The van der Waals surface area contributed by atoms with E-state index in [0.29, 0.717) is 11.3 Å². The van der Waals surface area contributed by atoms with Crippen LogP contribution in [0.2, 0.25) is 0 Å². The van der Waals surface area contributed by atoms with Crippen LogP contribution in [0.4, 0.5) is 17.1 Å². The third kappa shape index (κ3) is 4.39. The normalized spacial score (nSPS) is 10.3. The summed E-state index contributed by atoms with van der Waals surface area (Å²) in [5.74, 6) is -0.246. The lowest BCUT2D eigenvalue weighted by Gasteiger charge is -2.11. The van der Waals surface area contributed by atoms with E-state index in [2.05, 4.69) is 15.6 Å². The van der Waals surface area contributed by atoms with Gasteiger partial charge in [0.25, 0.3) is 5.91 Å². The highest BCUT2D eigenvalue weighted by atomic mass is 16.2. The van der Waals surface area contributed by atoms with Gasteiger partial charge in [0.15, 0.2) is 5.78 Å². The number of pyridine rings is 1. The summed E-state index contributed by atoms with van der Waals surface area (Å²) in [7, 11) is 0. The van der Waals surface area contributed by atoms with Crippen molar-refractivity contribution in [2.75, 3.05) is 10.6 Å². The van der Waals surface area contributed by atoms with Crippen molar-refractivity contribution in [1.29, 1.82) is 0 Å². The first kappa shape index (κ1) is 18.3. The molecule has 0 spiro atoms. The molecule has 0 bridgehead atoms. The van der Waals surface area contributed by atoms with Crippen LogP contribution in [-0.2, 0) is 0 Å². The molecule has 0 aliphatic rings. The first-order valence-corrected chi connectivity index (χ1v) is 8.65. The first-order valence-electron chi connectivity index (χ1n) is 8.65. The minimum Gasteiger partial charge on any atom is -0.354 e. The van der Waals surface area contributed by atoms with Crippen LogP contribution in [0.15, 0.2) is 60.8 Å². The minimum absolute atomic E-state index is 0.00948. The van der Waals surface area contributed by atoms with Crippen molar-refractivity contribution in [3.05, 3.63) is 83.2 Å². The van der Waals surface area contributed by atoms with Crippen molar-refractivity contribution in [3.8, 4) is 0 Å². The Kier molecular flexibility index (Phi) is 5.31. The maximum Gasteiger partial charge on any atom is 0.274 e. The second kappa shape index (κ2) is 7.83. The molecule has 5 heteroatoms. The number of Topliss-reactive ketones (excluding diaryl/α,β-unsaturated/α-hetero) is 1. The summed E-state index contributed by atoms with van der Waals surface area (Å²) in [5.41, 5.74) is 5.43. The van der Waals surface area contributed by atoms with Crippen molar-refractivity contribution >= 4 is 28.8 Å². The van der Waals surface area contributed by atoms with Gasteiger partial charge in [-0.1, -0.05) is 24.3 Å². The Morgan fingerprint density at radius 1 is 0.926 bits per heavy atom. The average molecular weight is 359 g/mol. The molecule has 0 saturated carbocycles. The van der Waals surface area contributed by atoms with E-state index in [1.54, 1.807) is 30.5 Å². The fraction of sp³-hybridized carbons (Fsp3) is 0.136. The Morgan fingerprint density at radius 3 is 2.41 bits per heavy atom. The molecule has 27 heavy (non-hydrogen) atoms. The number of rotatable bonds is 5. The zero-order chi connectivity index (χ0) is 19.4. The number of anilines is 3. The van der Waals surface area contributed by atoms with Gasteiger partial charge in [-0.2, -0.15) is 0 Å². The Labute approximate surface area is 158 Å². The van der Waals surface area contributed by atoms with E-state index in [4.69, 9.17) is 0 Å². The van der Waals surface area contributed by atoms with Crippen LogP contribution in [0, 0.1) is 13.8 Å². The Hall–Kier alpha value is -3.47. The molecule has 0 aliphatic heterocycles. The fourth-order valence-electron chi connectivity index (χ4n) is 2.66. The molecule has 0 saturated heterocycles. The monoisotopic (exact) mass is 359 g/mol. The van der Waals surface area contributed by atoms with Crippen LogP contribution in [0.1, 0.15) is 38.9 Å². The van der Waals surface area contributed by atoms with Crippen LogP contribution in [0.3, 0.4) is 0 Å². The molecule has 0 unspecified atom stereocenters. The molecule has 0 radical (unpaired) electrons. The van der Waals surface area contributed by atoms with E-state index in [-0.39, 0.29) is 11.7 Å². The van der Waals surface area contributed by atoms with Crippen molar-refractivity contribution in [2.24, 2.45) is 0 Å². The van der Waals surface area contributed by atoms with E-state index in [1.165, 1.54) is 6.92 Å². The molecule has 0 atom stereocenters. The lowest BCUT2D eigenvalue weighted by Crippen LogP contribution is -2.14. The molecule has 3 aromatic rings. The first-order chi connectivity index (χ1) is 12.9. The number of carbonyl (C=O) groups is 2. The summed E-state index contributed by atoms with van der Waals surface area (Å²) in [4.78, 5) is 28.2. The number of amides is 1. The maximum atomic E-state index is 12.4. The second-order valence-electron chi connectivity index (χ2n) is 6.40. The Bertz CT molecular complexity index is 995. The van der Waals surface area contributed by atoms with Gasteiger partial charge in [-0.15, -0.1) is 0 Å². The van der Waals surface area contributed by atoms with E-state index < -0.39 is 0 Å². The van der Waals surface area contributed by atoms with Crippen LogP contribution in [0.25, 0.3) is 0 Å². The molecule has 5 nitrogen and oxygen atoms in total. The number of ketones is 1. The molecule has 3 rings (SSSR count). The van der Waals surface area contributed by atoms with Crippen molar-refractivity contribution in [2.45, 2.75) is 20.8 Å². The summed E-state index contributed by atoms with van der Waals surface area (Å²) in [6, 6.07) is 16.5. The molecule has 1 heterocycles. The van der Waals surface area contributed by atoms with Gasteiger partial charge in [0.1, 0.15) is 5.69 Å². The number of nitrogens with zero attached hydrogens (tertiary/aromatic N) is 1. The van der Waals surface area contributed by atoms with E-state index in [1.807, 2.05) is 44.2 Å². The summed E-state index contributed by atoms with van der Waals surface area (Å²) in [6.45, 7) is 5.51. The Balaban J connectivity index is 1.71. The molecule has 1 amide bonds. The highest BCUT2D eigenvalue weighted by Crippen LogP contribution is 2.20. The smallest absolute Gasteiger partial charge is 0.274 e. The van der Waals surface area contributed by atoms with Crippen LogP contribution in [-0.4, -0.2) is 16.7 Å². The third-order valence-corrected chi connectivity index (χ3v) is 4.41. The lowest BCUT2D eigenvalue weighted by molar-refractivity contribution is 0.101. The predicted molar refractivity (Wildman–Crippen MR) is 108 cm³/mol. The summed E-state index contributed by atoms with van der Waals surface area (Å²) >= 11 is 0. The topological polar surface area (TPSA) is 71.1 Å². The number of carbonyl (C=O) groups excluding carboxylic acids is 2. The number of aromatic nitrogens is 1. The quantitative estimate of drug-likeness (QED) is 0.636. The van der Waals surface area contributed by atoms with E-state index >= 15 is 0 Å². The van der Waals surface area contributed by atoms with Crippen molar-refractivity contribution in [3.63, 3.8) is 0 Å². The van der Waals surface area contributed by atoms with Crippen LogP contribution < -0.4 is 10.6 Å². The summed E-state index contributed by atoms with van der Waals surface area (Å²) in [6.07, 6.45) is 1.60. The fourth-order valence-corrected chi connectivity index (χ4v) is 2.66. The third-order valence-electron chi connectivity index (χ3n) is 4.41. The lowest BCUT2D eigenvalue weighted by atomic mass is 10.1. The predicted octanol–water partition coefficient (Wildman–Crippen LogP) is 4.90. The van der Waals surface area contributed by atoms with Crippen molar-refractivity contribution < 1.29 is 9.59 Å². The SMILES string of the molecule is CC(=O)c1cccc(Nc2ccc(C(=O)Nc3cccc(C)c3C)nc2)c1. The van der Waals surface area contributed by atoms with Gasteiger partial charge in [0.2, 0.25) is 0 Å². The number of hydrogen-bond acceptors (Lipinski definition) is 4. The molecule has 0 aliphatic carbocycles. The van der Waals surface area contributed by atoms with E-state index in [9.17, 15) is 9.59 Å². The standard InChI is InChI=1S/C22H21N3O2/c1-14-6-4-9-20(15(14)2)25-22(27)21-11-10-19(13-23-21)24-18-8-5-7-17(12-18)16(3)26/h4-13,24H,1-3H3,(H,25,27). The Morgan fingerprint density at radius 2 is 1.70 bits per heavy atom. The van der Waals surface area contributed by atoms with Gasteiger partial charge in [-0.05, 0) is 62.2 Å². The van der Waals surface area contributed by atoms with Gasteiger partial charge in [0, 0.05) is 16.9 Å². The molecule has 2 aromatic carbocycles. The second-order valence-corrected chi connectivity index (χ2v) is 6.40. The highest BCUT2D eigenvalue weighted by Gasteiger charge is 2.10. The van der Waals surface area contributed by atoms with E-state index in [0.717, 1.165) is 28.2 Å². The highest BCUT2D eigenvalue weighted by molar-refractivity contribution is 6.03. The maximum absolute atomic E-state index is 12.4. The van der Waals surface area contributed by atoms with Gasteiger partial charge >= 0.3 is 0 Å². The largest absolute Gasteiger partial charge is 0.354 e. The molecular weight excluding hydrogens is 338 g/mol. The molecular formula is C22H21N3O2. The molecule has 1 aromatic heterocycles. The minimum atomic E-state index is -0.256. The van der Waals surface area contributed by atoms with Gasteiger partial charge < -0.3 is 10.6 Å². The number of nitrogens with one attached hydrogen (secondary N) is 2. The average Bonchev–Trinajstić information content (AvgIpc) is 2.66. The number of hydrogen-bond donors (Lipinski definition) is 2. The van der Waals surface area contributed by atoms with Gasteiger partial charge in [-0.25, -0.2) is 4.98 Å². The zero-order valence-electron chi connectivity index (χ0n) is 15.5.